The number of hydrogen-bond donors (Lipinski definition) is 1. The highest BCUT2D eigenvalue weighted by Crippen LogP contribution is 2.27. The molecule has 2 saturated heterocycles. The van der Waals surface area contributed by atoms with Crippen LogP contribution in [0.5, 0.6) is 0 Å². The molecule has 1 N–H and O–H groups in total. The molecule has 5 heteroatoms. The van der Waals surface area contributed by atoms with Crippen LogP contribution in [-0.2, 0) is 14.3 Å². The molecule has 5 nitrogen and oxygen atoms in total. The summed E-state index contributed by atoms with van der Waals surface area (Å²) in [7, 11) is 0. The average molecular weight is 212 g/mol. The Morgan fingerprint density at radius 3 is 2.67 bits per heavy atom. The summed E-state index contributed by atoms with van der Waals surface area (Å²) < 4.78 is 5.28. The molecule has 0 saturated carbocycles. The van der Waals surface area contributed by atoms with Crippen LogP contribution >= 0.6 is 0 Å². The molecular formula is C10H16N2O3. The Morgan fingerprint density at radius 2 is 2.00 bits per heavy atom. The lowest BCUT2D eigenvalue weighted by Gasteiger charge is -2.45. The second-order valence-electron chi connectivity index (χ2n) is 4.37. The summed E-state index contributed by atoms with van der Waals surface area (Å²) in [6.45, 7) is 3.69. The molecular weight excluding hydrogens is 196 g/mol. The average Bonchev–Trinajstić information content (AvgIpc) is 2.23. The Kier molecular flexibility index (Phi) is 2.65. The van der Waals surface area contributed by atoms with Crippen molar-refractivity contribution in [3.05, 3.63) is 0 Å². The van der Waals surface area contributed by atoms with Crippen molar-refractivity contribution < 1.29 is 14.3 Å². The van der Waals surface area contributed by atoms with E-state index in [1.165, 1.54) is 0 Å². The maximum atomic E-state index is 11.7. The van der Waals surface area contributed by atoms with Crippen LogP contribution in [0.3, 0.4) is 0 Å². The van der Waals surface area contributed by atoms with Gasteiger partial charge in [-0.3, -0.25) is 9.59 Å². The number of amides is 2. The third-order valence-electron chi connectivity index (χ3n) is 3.26. The van der Waals surface area contributed by atoms with E-state index in [-0.39, 0.29) is 30.4 Å². The Morgan fingerprint density at radius 1 is 1.33 bits per heavy atom. The quantitative estimate of drug-likeness (QED) is 0.638. The first-order chi connectivity index (χ1) is 7.12. The van der Waals surface area contributed by atoms with Gasteiger partial charge in [0.2, 0.25) is 11.8 Å². The third kappa shape index (κ3) is 1.97. The molecule has 0 unspecified atom stereocenters. The molecule has 2 rings (SSSR count). The van der Waals surface area contributed by atoms with Crippen LogP contribution in [0.1, 0.15) is 19.8 Å². The predicted molar refractivity (Wildman–Crippen MR) is 53.2 cm³/mol. The van der Waals surface area contributed by atoms with Crippen molar-refractivity contribution in [1.29, 1.82) is 0 Å². The molecule has 0 radical (unpaired) electrons. The van der Waals surface area contributed by atoms with Crippen molar-refractivity contribution in [3.8, 4) is 0 Å². The smallest absolute Gasteiger partial charge is 0.242 e. The van der Waals surface area contributed by atoms with Crippen LogP contribution in [-0.4, -0.2) is 48.6 Å². The molecule has 15 heavy (non-hydrogen) atoms. The zero-order valence-electron chi connectivity index (χ0n) is 8.91. The molecule has 0 aromatic carbocycles. The van der Waals surface area contributed by atoms with Crippen molar-refractivity contribution in [2.24, 2.45) is 0 Å². The zero-order chi connectivity index (χ0) is 10.9. The predicted octanol–water partition coefficient (Wildman–Crippen LogP) is -0.486. The highest BCUT2D eigenvalue weighted by atomic mass is 16.5. The maximum Gasteiger partial charge on any atom is 0.242 e. The largest absolute Gasteiger partial charge is 0.381 e. The number of piperazine rings is 1. The standard InChI is InChI=1S/C10H16N2O3/c1-10(2-4-15-5-3-10)12-7-8(13)11-6-9(12)14/h2-7H2,1H3,(H,11,13). The van der Waals surface area contributed by atoms with E-state index in [9.17, 15) is 9.59 Å². The number of carbonyl (C=O) groups excluding carboxylic acids is 2. The lowest BCUT2D eigenvalue weighted by Crippen LogP contribution is -2.61. The van der Waals surface area contributed by atoms with Crippen LogP contribution in [0, 0.1) is 0 Å². The van der Waals surface area contributed by atoms with Gasteiger partial charge in [-0.1, -0.05) is 0 Å². The minimum atomic E-state index is -0.201. The molecule has 2 heterocycles. The SMILES string of the molecule is CC1(N2CC(=O)NCC2=O)CCOCC1. The molecule has 0 aromatic rings. The third-order valence-corrected chi connectivity index (χ3v) is 3.26. The molecule has 0 atom stereocenters. The van der Waals surface area contributed by atoms with E-state index >= 15 is 0 Å². The fraction of sp³-hybridized carbons (Fsp3) is 0.800. The summed E-state index contributed by atoms with van der Waals surface area (Å²) >= 11 is 0. The highest BCUT2D eigenvalue weighted by Gasteiger charge is 2.39. The molecule has 2 aliphatic heterocycles. The van der Waals surface area contributed by atoms with Crippen molar-refractivity contribution in [1.82, 2.24) is 10.2 Å². The molecule has 0 bridgehead atoms. The molecule has 2 fully saturated rings. The Bertz CT molecular complexity index is 284. The van der Waals surface area contributed by atoms with Crippen molar-refractivity contribution >= 4 is 11.8 Å². The van der Waals surface area contributed by atoms with Crippen LogP contribution in [0.15, 0.2) is 0 Å². The van der Waals surface area contributed by atoms with E-state index in [1.54, 1.807) is 4.90 Å². The monoisotopic (exact) mass is 212 g/mol. The van der Waals surface area contributed by atoms with Gasteiger partial charge in [-0.15, -0.1) is 0 Å². The van der Waals surface area contributed by atoms with Gasteiger partial charge in [0.15, 0.2) is 0 Å². The maximum absolute atomic E-state index is 11.7. The molecule has 2 aliphatic rings. The molecule has 0 spiro atoms. The van der Waals surface area contributed by atoms with Gasteiger partial charge in [-0.05, 0) is 19.8 Å². The van der Waals surface area contributed by atoms with Crippen LogP contribution in [0.4, 0.5) is 0 Å². The van der Waals surface area contributed by atoms with Gasteiger partial charge < -0.3 is 15.0 Å². The van der Waals surface area contributed by atoms with Gasteiger partial charge in [0.1, 0.15) is 6.54 Å². The first kappa shape index (κ1) is 10.4. The summed E-state index contributed by atoms with van der Waals surface area (Å²) in [5.41, 5.74) is -0.201. The number of rotatable bonds is 1. The molecule has 0 aromatic heterocycles. The topological polar surface area (TPSA) is 58.6 Å². The number of carbonyl (C=O) groups is 2. The Balaban J connectivity index is 2.12. The molecule has 0 aliphatic carbocycles. The van der Waals surface area contributed by atoms with E-state index in [0.29, 0.717) is 13.2 Å². The fourth-order valence-corrected chi connectivity index (χ4v) is 2.13. The second kappa shape index (κ2) is 3.81. The lowest BCUT2D eigenvalue weighted by atomic mass is 9.89. The van der Waals surface area contributed by atoms with Gasteiger partial charge in [0.05, 0.1) is 6.54 Å². The highest BCUT2D eigenvalue weighted by molar-refractivity contribution is 5.92. The van der Waals surface area contributed by atoms with E-state index in [4.69, 9.17) is 4.74 Å². The summed E-state index contributed by atoms with van der Waals surface area (Å²) in [6.07, 6.45) is 1.62. The summed E-state index contributed by atoms with van der Waals surface area (Å²) in [5, 5.41) is 2.56. The van der Waals surface area contributed by atoms with Crippen LogP contribution in [0.2, 0.25) is 0 Å². The number of ether oxygens (including phenoxy) is 1. The summed E-state index contributed by atoms with van der Waals surface area (Å²) in [4.78, 5) is 24.7. The number of nitrogens with one attached hydrogen (secondary N) is 1. The molecule has 2 amide bonds. The Labute approximate surface area is 88.8 Å². The summed E-state index contributed by atoms with van der Waals surface area (Å²) in [5.74, 6) is -0.0543. The Hall–Kier alpha value is -1.10. The zero-order valence-corrected chi connectivity index (χ0v) is 8.91. The van der Waals surface area contributed by atoms with E-state index in [0.717, 1.165) is 12.8 Å². The van der Waals surface area contributed by atoms with Gasteiger partial charge >= 0.3 is 0 Å². The fourth-order valence-electron chi connectivity index (χ4n) is 2.13. The first-order valence-electron chi connectivity index (χ1n) is 5.27. The lowest BCUT2D eigenvalue weighted by molar-refractivity contribution is -0.150. The van der Waals surface area contributed by atoms with E-state index in [2.05, 4.69) is 5.32 Å². The van der Waals surface area contributed by atoms with Crippen LogP contribution in [0.25, 0.3) is 0 Å². The first-order valence-corrected chi connectivity index (χ1v) is 5.27. The van der Waals surface area contributed by atoms with Crippen molar-refractivity contribution in [3.63, 3.8) is 0 Å². The minimum Gasteiger partial charge on any atom is -0.381 e. The van der Waals surface area contributed by atoms with Crippen molar-refractivity contribution in [2.45, 2.75) is 25.3 Å². The normalized spacial score (nSPS) is 26.3. The van der Waals surface area contributed by atoms with Gasteiger partial charge in [-0.2, -0.15) is 0 Å². The van der Waals surface area contributed by atoms with Gasteiger partial charge in [0, 0.05) is 18.8 Å². The van der Waals surface area contributed by atoms with E-state index < -0.39 is 0 Å². The molecule has 84 valence electrons. The summed E-state index contributed by atoms with van der Waals surface area (Å²) in [6, 6.07) is 0. The number of nitrogens with zero attached hydrogens (tertiary/aromatic N) is 1. The van der Waals surface area contributed by atoms with Gasteiger partial charge in [0.25, 0.3) is 0 Å². The minimum absolute atomic E-state index is 0.0130. The van der Waals surface area contributed by atoms with Crippen molar-refractivity contribution in [2.75, 3.05) is 26.3 Å². The van der Waals surface area contributed by atoms with E-state index in [1.807, 2.05) is 6.92 Å². The number of hydrogen-bond acceptors (Lipinski definition) is 3. The van der Waals surface area contributed by atoms with Crippen LogP contribution < -0.4 is 5.32 Å². The second-order valence-corrected chi connectivity index (χ2v) is 4.37. The van der Waals surface area contributed by atoms with Gasteiger partial charge in [-0.25, -0.2) is 0 Å².